The molecule has 0 fully saturated rings. The second kappa shape index (κ2) is 5.41. The number of aliphatic hydroxyl groups is 1. The lowest BCUT2D eigenvalue weighted by molar-refractivity contribution is -0.535. The summed E-state index contributed by atoms with van der Waals surface area (Å²) in [6, 6.07) is -1.54. The van der Waals surface area contributed by atoms with E-state index in [1.807, 2.05) is 0 Å². The lowest BCUT2D eigenvalue weighted by atomic mass is 10.1. The SMILES string of the molecule is O=C(O)CCC(C(O)CF)[N+](=O)[O-]. The quantitative estimate of drug-likeness (QED) is 0.452. The molecule has 0 aliphatic heterocycles. The average molecular weight is 195 g/mol. The Balaban J connectivity index is 4.10. The predicted octanol–water partition coefficient (Wildman–Crippen LogP) is -0.173. The van der Waals surface area contributed by atoms with Crippen LogP contribution < -0.4 is 0 Å². The third-order valence-corrected chi connectivity index (χ3v) is 1.53. The van der Waals surface area contributed by atoms with Crippen LogP contribution >= 0.6 is 0 Å². The van der Waals surface area contributed by atoms with Crippen LogP contribution in [0.4, 0.5) is 4.39 Å². The zero-order valence-electron chi connectivity index (χ0n) is 6.72. The summed E-state index contributed by atoms with van der Waals surface area (Å²) < 4.78 is 11.8. The number of hydrogen-bond donors (Lipinski definition) is 2. The molecule has 0 bridgehead atoms. The maximum Gasteiger partial charge on any atom is 0.303 e. The van der Waals surface area contributed by atoms with Crippen molar-refractivity contribution in [1.82, 2.24) is 0 Å². The second-order valence-electron chi connectivity index (χ2n) is 2.51. The Kier molecular flexibility index (Phi) is 4.90. The molecule has 13 heavy (non-hydrogen) atoms. The molecule has 6 nitrogen and oxygen atoms in total. The number of halogens is 1. The number of carboxylic acid groups (broad SMARTS) is 1. The minimum absolute atomic E-state index is 0.368. The van der Waals surface area contributed by atoms with Crippen molar-refractivity contribution in [2.45, 2.75) is 25.0 Å². The van der Waals surface area contributed by atoms with Crippen LogP contribution in [0, 0.1) is 10.1 Å². The molecule has 0 aromatic carbocycles. The Morgan fingerprint density at radius 2 is 2.15 bits per heavy atom. The van der Waals surface area contributed by atoms with Gasteiger partial charge in [0.05, 0.1) is 6.42 Å². The monoisotopic (exact) mass is 195 g/mol. The standard InChI is InChI=1S/C6H10FNO5/c7-3-5(9)4(8(12)13)1-2-6(10)11/h4-5,9H,1-3H2,(H,10,11). The first-order chi connectivity index (χ1) is 5.99. The molecule has 0 aliphatic rings. The molecule has 0 heterocycles. The number of nitrogens with zero attached hydrogens (tertiary/aromatic N) is 1. The normalized spacial score (nSPS) is 14.9. The highest BCUT2D eigenvalue weighted by atomic mass is 19.1. The smallest absolute Gasteiger partial charge is 0.303 e. The van der Waals surface area contributed by atoms with Crippen molar-refractivity contribution >= 4 is 5.97 Å². The van der Waals surface area contributed by atoms with Crippen molar-refractivity contribution < 1.29 is 24.3 Å². The molecule has 7 heteroatoms. The van der Waals surface area contributed by atoms with Gasteiger partial charge in [0.15, 0.2) is 0 Å². The van der Waals surface area contributed by atoms with Crippen LogP contribution in [-0.2, 0) is 4.79 Å². The van der Waals surface area contributed by atoms with E-state index in [2.05, 4.69) is 0 Å². The molecular weight excluding hydrogens is 185 g/mol. The third kappa shape index (κ3) is 4.36. The fraction of sp³-hybridized carbons (Fsp3) is 0.833. The van der Waals surface area contributed by atoms with Crippen molar-refractivity contribution in [3.05, 3.63) is 10.1 Å². The van der Waals surface area contributed by atoms with Crippen molar-refractivity contribution in [1.29, 1.82) is 0 Å². The molecule has 0 aliphatic carbocycles. The molecule has 0 rings (SSSR count). The highest BCUT2D eigenvalue weighted by Crippen LogP contribution is 2.07. The summed E-state index contributed by atoms with van der Waals surface area (Å²) in [4.78, 5) is 19.4. The van der Waals surface area contributed by atoms with Crippen LogP contribution in [0.5, 0.6) is 0 Å². The summed E-state index contributed by atoms with van der Waals surface area (Å²) in [6.07, 6.45) is -2.55. The molecule has 0 saturated carbocycles. The van der Waals surface area contributed by atoms with Gasteiger partial charge >= 0.3 is 5.97 Å². The maximum atomic E-state index is 11.8. The van der Waals surface area contributed by atoms with E-state index in [9.17, 15) is 19.3 Å². The van der Waals surface area contributed by atoms with Gasteiger partial charge in [0, 0.05) is 11.3 Å². The topological polar surface area (TPSA) is 101 Å². The number of aliphatic carboxylic acids is 1. The summed E-state index contributed by atoms with van der Waals surface area (Å²) >= 11 is 0. The van der Waals surface area contributed by atoms with Crippen LogP contribution in [0.15, 0.2) is 0 Å². The fourth-order valence-electron chi connectivity index (χ4n) is 0.812. The Hall–Kier alpha value is -1.24. The molecular formula is C6H10FNO5. The number of alkyl halides is 1. The van der Waals surface area contributed by atoms with Gasteiger partial charge in [-0.15, -0.1) is 0 Å². The first-order valence-corrected chi connectivity index (χ1v) is 3.58. The molecule has 0 radical (unpaired) electrons. The highest BCUT2D eigenvalue weighted by Gasteiger charge is 2.30. The van der Waals surface area contributed by atoms with Gasteiger partial charge in [0.1, 0.15) is 12.8 Å². The summed E-state index contributed by atoms with van der Waals surface area (Å²) in [5.74, 6) is -1.21. The zero-order valence-corrected chi connectivity index (χ0v) is 6.72. The van der Waals surface area contributed by atoms with E-state index < -0.39 is 36.1 Å². The van der Waals surface area contributed by atoms with Crippen LogP contribution in [0.25, 0.3) is 0 Å². The molecule has 2 N–H and O–H groups in total. The predicted molar refractivity (Wildman–Crippen MR) is 39.6 cm³/mol. The molecule has 0 spiro atoms. The van der Waals surface area contributed by atoms with E-state index in [0.29, 0.717) is 0 Å². The third-order valence-electron chi connectivity index (χ3n) is 1.53. The van der Waals surface area contributed by atoms with Gasteiger partial charge in [-0.3, -0.25) is 14.9 Å². The van der Waals surface area contributed by atoms with E-state index in [1.165, 1.54) is 0 Å². The Morgan fingerprint density at radius 3 is 2.46 bits per heavy atom. The Labute approximate surface area is 73.1 Å². The minimum atomic E-state index is -1.73. The van der Waals surface area contributed by atoms with Gasteiger partial charge in [0.25, 0.3) is 0 Å². The largest absolute Gasteiger partial charge is 0.481 e. The van der Waals surface area contributed by atoms with Crippen LogP contribution in [0.3, 0.4) is 0 Å². The highest BCUT2D eigenvalue weighted by molar-refractivity contribution is 5.66. The summed E-state index contributed by atoms with van der Waals surface area (Å²) in [6.45, 7) is -1.24. The first-order valence-electron chi connectivity index (χ1n) is 3.58. The fourth-order valence-corrected chi connectivity index (χ4v) is 0.812. The van der Waals surface area contributed by atoms with Gasteiger partial charge in [0.2, 0.25) is 6.04 Å². The van der Waals surface area contributed by atoms with Crippen molar-refractivity contribution in [3.8, 4) is 0 Å². The lowest BCUT2D eigenvalue weighted by Gasteiger charge is -2.11. The number of carbonyl (C=O) groups is 1. The van der Waals surface area contributed by atoms with E-state index in [4.69, 9.17) is 10.2 Å². The number of carboxylic acids is 1. The second-order valence-corrected chi connectivity index (χ2v) is 2.51. The molecule has 0 aromatic rings. The molecule has 2 unspecified atom stereocenters. The zero-order chi connectivity index (χ0) is 10.4. The van der Waals surface area contributed by atoms with Gasteiger partial charge in [-0.05, 0) is 0 Å². The van der Waals surface area contributed by atoms with E-state index in [0.717, 1.165) is 0 Å². The molecule has 0 amide bonds. The number of aliphatic hydroxyl groups excluding tert-OH is 1. The van der Waals surface area contributed by atoms with E-state index in [1.54, 1.807) is 0 Å². The van der Waals surface area contributed by atoms with Crippen molar-refractivity contribution in [2.24, 2.45) is 0 Å². The van der Waals surface area contributed by atoms with Crippen molar-refractivity contribution in [3.63, 3.8) is 0 Å². The van der Waals surface area contributed by atoms with E-state index >= 15 is 0 Å². The molecule has 76 valence electrons. The average Bonchev–Trinajstić information content (AvgIpc) is 2.03. The Bertz CT molecular complexity index is 197. The van der Waals surface area contributed by atoms with Gasteiger partial charge in [-0.2, -0.15) is 0 Å². The number of nitro groups is 1. The van der Waals surface area contributed by atoms with Crippen LogP contribution in [0.2, 0.25) is 0 Å². The summed E-state index contributed by atoms with van der Waals surface area (Å²) in [5, 5.41) is 27.2. The van der Waals surface area contributed by atoms with Crippen LogP contribution in [0.1, 0.15) is 12.8 Å². The van der Waals surface area contributed by atoms with Gasteiger partial charge in [-0.25, -0.2) is 4.39 Å². The molecule has 0 saturated heterocycles. The molecule has 2 atom stereocenters. The van der Waals surface area contributed by atoms with Gasteiger partial charge in [-0.1, -0.05) is 0 Å². The molecule has 0 aromatic heterocycles. The lowest BCUT2D eigenvalue weighted by Crippen LogP contribution is -2.35. The number of hydrogen-bond acceptors (Lipinski definition) is 4. The summed E-state index contributed by atoms with van der Waals surface area (Å²) in [7, 11) is 0. The first kappa shape index (κ1) is 11.8. The van der Waals surface area contributed by atoms with Crippen molar-refractivity contribution in [2.75, 3.05) is 6.67 Å². The Morgan fingerprint density at radius 1 is 1.62 bits per heavy atom. The van der Waals surface area contributed by atoms with Crippen LogP contribution in [-0.4, -0.2) is 39.9 Å². The summed E-state index contributed by atoms with van der Waals surface area (Å²) in [5.41, 5.74) is 0. The number of rotatable bonds is 6. The van der Waals surface area contributed by atoms with E-state index in [-0.39, 0.29) is 6.42 Å². The minimum Gasteiger partial charge on any atom is -0.481 e. The maximum absolute atomic E-state index is 11.8. The van der Waals surface area contributed by atoms with Gasteiger partial charge < -0.3 is 10.2 Å².